The molecule has 0 rings (SSSR count). The summed E-state index contributed by atoms with van der Waals surface area (Å²) in [5.41, 5.74) is 0.343. The molecule has 1 unspecified atom stereocenters. The van der Waals surface area contributed by atoms with Crippen LogP contribution in [0, 0.1) is 0 Å². The fourth-order valence-corrected chi connectivity index (χ4v) is 3.36. The van der Waals surface area contributed by atoms with E-state index in [0.29, 0.717) is 11.6 Å². The van der Waals surface area contributed by atoms with E-state index >= 15 is 0 Å². The van der Waals surface area contributed by atoms with Crippen LogP contribution in [0.3, 0.4) is 0 Å². The quantitative estimate of drug-likeness (QED) is 0.629. The Morgan fingerprint density at radius 2 is 1.47 bits per heavy atom. The Hall–Kier alpha value is -0.0800. The molecule has 0 aliphatic rings. The summed E-state index contributed by atoms with van der Waals surface area (Å²) in [7, 11) is 0. The highest BCUT2D eigenvalue weighted by molar-refractivity contribution is 4.98. The van der Waals surface area contributed by atoms with Crippen molar-refractivity contribution in [1.29, 1.82) is 0 Å². The van der Waals surface area contributed by atoms with Gasteiger partial charge in [0.05, 0.1) is 0 Å². The third kappa shape index (κ3) is 3.96. The van der Waals surface area contributed by atoms with Crippen LogP contribution in [0.25, 0.3) is 0 Å². The first-order chi connectivity index (χ1) is 8.16. The molecule has 0 amide bonds. The van der Waals surface area contributed by atoms with Crippen molar-refractivity contribution < 1.29 is 0 Å². The van der Waals surface area contributed by atoms with Crippen molar-refractivity contribution >= 4 is 0 Å². The van der Waals surface area contributed by atoms with Gasteiger partial charge in [0.2, 0.25) is 0 Å². The monoisotopic (exact) mass is 242 g/mol. The molecular weight excluding hydrogens is 208 g/mol. The minimum Gasteiger partial charge on any atom is -0.312 e. The Morgan fingerprint density at radius 3 is 1.76 bits per heavy atom. The molecule has 0 aliphatic heterocycles. The fourth-order valence-electron chi connectivity index (χ4n) is 3.36. The van der Waals surface area contributed by atoms with Crippen LogP contribution >= 0.6 is 0 Å². The molecule has 0 aromatic carbocycles. The summed E-state index contributed by atoms with van der Waals surface area (Å²) in [6.07, 6.45) is 5.03. The van der Waals surface area contributed by atoms with Crippen LogP contribution in [0.4, 0.5) is 0 Å². The highest BCUT2D eigenvalue weighted by atomic mass is 15.2. The fraction of sp³-hybridized carbons (Fsp3) is 1.00. The maximum absolute atomic E-state index is 3.73. The van der Waals surface area contributed by atoms with E-state index in [2.05, 4.69) is 51.8 Å². The van der Waals surface area contributed by atoms with E-state index < -0.39 is 0 Å². The molecule has 0 fully saturated rings. The van der Waals surface area contributed by atoms with Crippen molar-refractivity contribution in [3.05, 3.63) is 0 Å². The lowest BCUT2D eigenvalue weighted by Gasteiger charge is -2.48. The van der Waals surface area contributed by atoms with Crippen LogP contribution < -0.4 is 5.32 Å². The van der Waals surface area contributed by atoms with Crippen molar-refractivity contribution in [2.75, 3.05) is 19.6 Å². The molecule has 0 aromatic heterocycles. The zero-order valence-corrected chi connectivity index (χ0v) is 13.0. The molecule has 17 heavy (non-hydrogen) atoms. The van der Waals surface area contributed by atoms with E-state index in [1.165, 1.54) is 25.7 Å². The van der Waals surface area contributed by atoms with Gasteiger partial charge >= 0.3 is 0 Å². The summed E-state index contributed by atoms with van der Waals surface area (Å²) in [5.74, 6) is 0. The van der Waals surface area contributed by atoms with E-state index in [0.717, 1.165) is 19.6 Å². The maximum Gasteiger partial charge on any atom is 0.0357 e. The van der Waals surface area contributed by atoms with Crippen molar-refractivity contribution in [3.63, 3.8) is 0 Å². The van der Waals surface area contributed by atoms with Crippen LogP contribution in [0.2, 0.25) is 0 Å². The lowest BCUT2D eigenvalue weighted by molar-refractivity contribution is 0.0464. The molecule has 1 N–H and O–H groups in total. The van der Waals surface area contributed by atoms with Crippen molar-refractivity contribution in [1.82, 2.24) is 10.2 Å². The van der Waals surface area contributed by atoms with Gasteiger partial charge < -0.3 is 5.32 Å². The Labute approximate surface area is 109 Å². The number of hydrogen-bond donors (Lipinski definition) is 1. The molecule has 0 bridgehead atoms. The van der Waals surface area contributed by atoms with Crippen LogP contribution in [0.5, 0.6) is 0 Å². The predicted octanol–water partition coefficient (Wildman–Crippen LogP) is 3.67. The van der Waals surface area contributed by atoms with Crippen LogP contribution in [0.15, 0.2) is 0 Å². The third-order valence-electron chi connectivity index (χ3n) is 4.29. The molecule has 0 aromatic rings. The number of likely N-dealkylation sites (N-methyl/N-ethyl adjacent to an activating group) is 2. The molecule has 2 heteroatoms. The molecule has 0 heterocycles. The molecular formula is C15H34N2. The highest BCUT2D eigenvalue weighted by Gasteiger charge is 2.38. The maximum atomic E-state index is 3.73. The standard InChI is InChI=1S/C15H34N2/c1-7-13-14(16-10-4)15(8-2,9-3)17(11-5)12-6/h14,16H,7-13H2,1-6H3. The second-order valence-electron chi connectivity index (χ2n) is 4.88. The van der Waals surface area contributed by atoms with Gasteiger partial charge in [0.15, 0.2) is 0 Å². The van der Waals surface area contributed by atoms with Gasteiger partial charge in [-0.05, 0) is 38.9 Å². The van der Waals surface area contributed by atoms with E-state index in [1.54, 1.807) is 0 Å². The van der Waals surface area contributed by atoms with Gasteiger partial charge in [-0.3, -0.25) is 4.90 Å². The molecule has 2 nitrogen and oxygen atoms in total. The molecule has 1 atom stereocenters. The first kappa shape index (κ1) is 16.9. The average molecular weight is 242 g/mol. The van der Waals surface area contributed by atoms with Crippen LogP contribution in [0.1, 0.15) is 67.2 Å². The zero-order valence-electron chi connectivity index (χ0n) is 13.0. The van der Waals surface area contributed by atoms with Crippen molar-refractivity contribution in [3.8, 4) is 0 Å². The molecule has 0 radical (unpaired) electrons. The predicted molar refractivity (Wildman–Crippen MR) is 78.6 cm³/mol. The first-order valence-corrected chi connectivity index (χ1v) is 7.64. The second kappa shape index (κ2) is 8.93. The average Bonchev–Trinajstić information content (AvgIpc) is 2.36. The minimum absolute atomic E-state index is 0.343. The van der Waals surface area contributed by atoms with Crippen molar-refractivity contribution in [2.24, 2.45) is 0 Å². The summed E-state index contributed by atoms with van der Waals surface area (Å²) in [5, 5.41) is 3.73. The zero-order chi connectivity index (χ0) is 13.3. The second-order valence-corrected chi connectivity index (χ2v) is 4.88. The lowest BCUT2D eigenvalue weighted by Crippen LogP contribution is -2.60. The molecule has 0 saturated heterocycles. The Morgan fingerprint density at radius 1 is 0.941 bits per heavy atom. The highest BCUT2D eigenvalue weighted by Crippen LogP contribution is 2.30. The number of hydrogen-bond acceptors (Lipinski definition) is 2. The first-order valence-electron chi connectivity index (χ1n) is 7.64. The lowest BCUT2D eigenvalue weighted by atomic mass is 9.80. The van der Waals surface area contributed by atoms with Gasteiger partial charge in [-0.2, -0.15) is 0 Å². The minimum atomic E-state index is 0.343. The topological polar surface area (TPSA) is 15.3 Å². The normalized spacial score (nSPS) is 14.3. The largest absolute Gasteiger partial charge is 0.312 e. The smallest absolute Gasteiger partial charge is 0.0357 e. The van der Waals surface area contributed by atoms with Crippen LogP contribution in [-0.4, -0.2) is 36.1 Å². The van der Waals surface area contributed by atoms with Crippen molar-refractivity contribution in [2.45, 2.75) is 78.8 Å². The van der Waals surface area contributed by atoms with E-state index in [4.69, 9.17) is 0 Å². The summed E-state index contributed by atoms with van der Waals surface area (Å²) < 4.78 is 0. The Kier molecular flexibility index (Phi) is 8.89. The van der Waals surface area contributed by atoms with E-state index in [1.807, 2.05) is 0 Å². The SMILES string of the molecule is CCCC(NCC)C(CC)(CC)N(CC)CC. The van der Waals surface area contributed by atoms with E-state index in [-0.39, 0.29) is 0 Å². The van der Waals surface area contributed by atoms with Gasteiger partial charge in [0, 0.05) is 11.6 Å². The van der Waals surface area contributed by atoms with Gasteiger partial charge in [-0.25, -0.2) is 0 Å². The van der Waals surface area contributed by atoms with E-state index in [9.17, 15) is 0 Å². The summed E-state index contributed by atoms with van der Waals surface area (Å²) >= 11 is 0. The Balaban J connectivity index is 5.08. The summed E-state index contributed by atoms with van der Waals surface area (Å²) in [6, 6.07) is 0.632. The van der Waals surface area contributed by atoms with Gasteiger partial charge in [-0.15, -0.1) is 0 Å². The Bertz CT molecular complexity index is 166. The van der Waals surface area contributed by atoms with Gasteiger partial charge in [-0.1, -0.05) is 48.0 Å². The molecule has 104 valence electrons. The number of nitrogens with one attached hydrogen (secondary N) is 1. The van der Waals surface area contributed by atoms with Gasteiger partial charge in [0.1, 0.15) is 0 Å². The molecule has 0 saturated carbocycles. The summed E-state index contributed by atoms with van der Waals surface area (Å²) in [6.45, 7) is 17.2. The molecule has 0 spiro atoms. The number of rotatable bonds is 10. The van der Waals surface area contributed by atoms with Crippen LogP contribution in [-0.2, 0) is 0 Å². The third-order valence-corrected chi connectivity index (χ3v) is 4.29. The molecule has 0 aliphatic carbocycles. The van der Waals surface area contributed by atoms with Gasteiger partial charge in [0.25, 0.3) is 0 Å². The number of nitrogens with zero attached hydrogens (tertiary/aromatic N) is 1. The summed E-state index contributed by atoms with van der Waals surface area (Å²) in [4.78, 5) is 2.66.